The van der Waals surface area contributed by atoms with Crippen LogP contribution in [0.25, 0.3) is 0 Å². The minimum absolute atomic E-state index is 0.0699. The lowest BCUT2D eigenvalue weighted by atomic mass is 9.96. The van der Waals surface area contributed by atoms with Crippen molar-refractivity contribution < 1.29 is 8.78 Å². The van der Waals surface area contributed by atoms with Crippen molar-refractivity contribution in [2.75, 3.05) is 0 Å². The highest BCUT2D eigenvalue weighted by molar-refractivity contribution is 6.41. The van der Waals surface area contributed by atoms with E-state index in [9.17, 15) is 8.78 Å². The molecule has 0 aliphatic rings. The first-order valence-electron chi connectivity index (χ1n) is 3.74. The maximum Gasteiger partial charge on any atom is 0.260 e. The first kappa shape index (κ1) is 11.6. The Kier molecular flexibility index (Phi) is 3.29. The number of hydrogen-bond donors (Lipinski definition) is 1. The minimum atomic E-state index is -2.69. The van der Waals surface area contributed by atoms with Gasteiger partial charge in [-0.3, -0.25) is 0 Å². The number of aromatic nitrogens is 1. The number of nitrogens with two attached hydrogens (primary N) is 1. The molecular weight excluding hydrogens is 233 g/mol. The zero-order chi connectivity index (χ0) is 10.9. The van der Waals surface area contributed by atoms with E-state index in [-0.39, 0.29) is 15.7 Å². The zero-order valence-corrected chi connectivity index (χ0v) is 8.78. The van der Waals surface area contributed by atoms with Gasteiger partial charge in [0.05, 0.1) is 5.02 Å². The summed E-state index contributed by atoms with van der Waals surface area (Å²) in [6.07, 6.45) is -1.50. The van der Waals surface area contributed by atoms with Crippen LogP contribution in [0.15, 0.2) is 12.3 Å². The van der Waals surface area contributed by atoms with Crippen LogP contribution < -0.4 is 5.73 Å². The van der Waals surface area contributed by atoms with E-state index in [2.05, 4.69) is 4.98 Å². The van der Waals surface area contributed by atoms with Gasteiger partial charge in [0.15, 0.2) is 0 Å². The van der Waals surface area contributed by atoms with E-state index in [0.717, 1.165) is 0 Å². The molecule has 0 amide bonds. The van der Waals surface area contributed by atoms with E-state index in [1.807, 2.05) is 0 Å². The SMILES string of the molecule is CC(N)(c1cnc(Cl)c(Cl)c1)C(F)F. The molecule has 14 heavy (non-hydrogen) atoms. The number of rotatable bonds is 2. The third-order valence-corrected chi connectivity index (χ3v) is 2.56. The van der Waals surface area contributed by atoms with Crippen molar-refractivity contribution in [2.24, 2.45) is 5.73 Å². The first-order chi connectivity index (χ1) is 6.35. The topological polar surface area (TPSA) is 38.9 Å². The van der Waals surface area contributed by atoms with Gasteiger partial charge in [0.25, 0.3) is 6.43 Å². The Bertz CT molecular complexity index is 342. The molecule has 2 nitrogen and oxygen atoms in total. The van der Waals surface area contributed by atoms with E-state index >= 15 is 0 Å². The van der Waals surface area contributed by atoms with Crippen molar-refractivity contribution in [3.8, 4) is 0 Å². The Morgan fingerprint density at radius 2 is 2.07 bits per heavy atom. The van der Waals surface area contributed by atoms with Crippen LogP contribution in [0.3, 0.4) is 0 Å². The van der Waals surface area contributed by atoms with Crippen LogP contribution in [0.2, 0.25) is 10.2 Å². The van der Waals surface area contributed by atoms with E-state index in [4.69, 9.17) is 28.9 Å². The van der Waals surface area contributed by atoms with Crippen LogP contribution in [0.1, 0.15) is 12.5 Å². The van der Waals surface area contributed by atoms with Crippen LogP contribution in [-0.4, -0.2) is 11.4 Å². The molecule has 0 saturated carbocycles. The third-order valence-electron chi connectivity index (χ3n) is 1.87. The van der Waals surface area contributed by atoms with E-state index in [1.165, 1.54) is 19.2 Å². The monoisotopic (exact) mass is 240 g/mol. The molecule has 1 heterocycles. The Morgan fingerprint density at radius 1 is 1.50 bits per heavy atom. The maximum absolute atomic E-state index is 12.5. The van der Waals surface area contributed by atoms with Gasteiger partial charge in [-0.25, -0.2) is 13.8 Å². The van der Waals surface area contributed by atoms with Crippen molar-refractivity contribution in [3.05, 3.63) is 28.0 Å². The third kappa shape index (κ3) is 2.13. The quantitative estimate of drug-likeness (QED) is 0.808. The van der Waals surface area contributed by atoms with E-state index in [1.54, 1.807) is 0 Å². The molecule has 0 saturated heterocycles. The molecule has 2 N–H and O–H groups in total. The average molecular weight is 241 g/mol. The predicted molar refractivity (Wildman–Crippen MR) is 51.8 cm³/mol. The number of halogens is 4. The minimum Gasteiger partial charge on any atom is -0.317 e. The standard InChI is InChI=1S/C8H8Cl2F2N2/c1-8(13,7(11)12)4-2-5(9)6(10)14-3-4/h2-3,7H,13H2,1H3. The fourth-order valence-corrected chi connectivity index (χ4v) is 1.11. The zero-order valence-electron chi connectivity index (χ0n) is 7.27. The number of nitrogens with zero attached hydrogens (tertiary/aromatic N) is 1. The summed E-state index contributed by atoms with van der Waals surface area (Å²) in [6.45, 7) is 1.21. The van der Waals surface area contributed by atoms with Crippen LogP contribution in [0, 0.1) is 0 Å². The summed E-state index contributed by atoms with van der Waals surface area (Å²) in [5, 5.41) is 0.182. The van der Waals surface area contributed by atoms with Crippen LogP contribution in [0.4, 0.5) is 8.78 Å². The lowest BCUT2D eigenvalue weighted by Gasteiger charge is -2.23. The molecule has 78 valence electrons. The number of pyridine rings is 1. The molecule has 0 bridgehead atoms. The van der Waals surface area contributed by atoms with Gasteiger partial charge >= 0.3 is 0 Å². The summed E-state index contributed by atoms with van der Waals surface area (Å²) < 4.78 is 25.0. The average Bonchev–Trinajstić information content (AvgIpc) is 2.09. The Balaban J connectivity index is 3.14. The summed E-state index contributed by atoms with van der Waals surface area (Å²) in [6, 6.07) is 1.29. The van der Waals surface area contributed by atoms with Gasteiger partial charge in [0.1, 0.15) is 10.7 Å². The van der Waals surface area contributed by atoms with Gasteiger partial charge in [-0.15, -0.1) is 0 Å². The van der Waals surface area contributed by atoms with Gasteiger partial charge in [-0.05, 0) is 18.6 Å². The highest BCUT2D eigenvalue weighted by atomic mass is 35.5. The Hall–Kier alpha value is -0.450. The van der Waals surface area contributed by atoms with Crippen molar-refractivity contribution in [2.45, 2.75) is 18.9 Å². The summed E-state index contributed by atoms with van der Waals surface area (Å²) in [5.41, 5.74) is 3.80. The second-order valence-corrected chi connectivity index (χ2v) is 3.85. The summed E-state index contributed by atoms with van der Waals surface area (Å²) in [7, 11) is 0. The molecule has 1 aromatic rings. The fourth-order valence-electron chi connectivity index (χ4n) is 0.842. The van der Waals surface area contributed by atoms with Gasteiger partial charge in [-0.1, -0.05) is 23.2 Å². The van der Waals surface area contributed by atoms with Crippen LogP contribution in [0.5, 0.6) is 0 Å². The second kappa shape index (κ2) is 3.96. The molecule has 0 fully saturated rings. The molecule has 1 rings (SSSR count). The maximum atomic E-state index is 12.5. The number of alkyl halides is 2. The van der Waals surface area contributed by atoms with Gasteiger partial charge in [0, 0.05) is 6.20 Å². The Labute approximate surface area is 90.0 Å². The van der Waals surface area contributed by atoms with Crippen LogP contribution >= 0.6 is 23.2 Å². The molecule has 0 aromatic carbocycles. The lowest BCUT2D eigenvalue weighted by molar-refractivity contribution is 0.0623. The lowest BCUT2D eigenvalue weighted by Crippen LogP contribution is -2.40. The van der Waals surface area contributed by atoms with Crippen molar-refractivity contribution in [1.82, 2.24) is 4.98 Å². The van der Waals surface area contributed by atoms with Crippen molar-refractivity contribution >= 4 is 23.2 Å². The summed E-state index contributed by atoms with van der Waals surface area (Å²) in [5.74, 6) is 0. The van der Waals surface area contributed by atoms with Crippen molar-refractivity contribution in [3.63, 3.8) is 0 Å². The highest BCUT2D eigenvalue weighted by Crippen LogP contribution is 2.28. The summed E-state index contributed by atoms with van der Waals surface area (Å²) >= 11 is 11.2. The molecule has 1 aromatic heterocycles. The van der Waals surface area contributed by atoms with Gasteiger partial charge in [0.2, 0.25) is 0 Å². The van der Waals surface area contributed by atoms with E-state index < -0.39 is 12.0 Å². The number of hydrogen-bond acceptors (Lipinski definition) is 2. The molecule has 0 radical (unpaired) electrons. The summed E-state index contributed by atoms with van der Waals surface area (Å²) in [4.78, 5) is 3.65. The highest BCUT2D eigenvalue weighted by Gasteiger charge is 2.33. The largest absolute Gasteiger partial charge is 0.317 e. The first-order valence-corrected chi connectivity index (χ1v) is 4.50. The van der Waals surface area contributed by atoms with Gasteiger partial charge in [-0.2, -0.15) is 0 Å². The second-order valence-electron chi connectivity index (χ2n) is 3.08. The molecule has 1 atom stereocenters. The normalized spacial score (nSPS) is 15.6. The van der Waals surface area contributed by atoms with E-state index in [0.29, 0.717) is 0 Å². The van der Waals surface area contributed by atoms with Gasteiger partial charge < -0.3 is 5.73 Å². The molecule has 0 aliphatic heterocycles. The fraction of sp³-hybridized carbons (Fsp3) is 0.375. The van der Waals surface area contributed by atoms with Crippen LogP contribution in [-0.2, 0) is 5.54 Å². The molecule has 6 heteroatoms. The molecular formula is C8H8Cl2F2N2. The Morgan fingerprint density at radius 3 is 2.50 bits per heavy atom. The molecule has 1 unspecified atom stereocenters. The molecule has 0 aliphatic carbocycles. The van der Waals surface area contributed by atoms with Crippen molar-refractivity contribution in [1.29, 1.82) is 0 Å². The predicted octanol–water partition coefficient (Wildman–Crippen LogP) is 2.83. The smallest absolute Gasteiger partial charge is 0.260 e. The molecule has 0 spiro atoms.